The highest BCUT2D eigenvalue weighted by Crippen LogP contribution is 2.42. The van der Waals surface area contributed by atoms with Gasteiger partial charge in [0.2, 0.25) is 0 Å². The van der Waals surface area contributed by atoms with Crippen molar-refractivity contribution in [2.45, 2.75) is 39.7 Å². The Hall–Kier alpha value is -1.43. The van der Waals surface area contributed by atoms with Gasteiger partial charge in [-0.25, -0.2) is 4.99 Å². The number of hydrogen-bond acceptors (Lipinski definition) is 5. The number of carbonyl (C=O) groups is 1. The van der Waals surface area contributed by atoms with Gasteiger partial charge in [-0.3, -0.25) is 4.79 Å². The van der Waals surface area contributed by atoms with E-state index in [0.717, 1.165) is 45.9 Å². The van der Waals surface area contributed by atoms with Crippen molar-refractivity contribution in [3.8, 4) is 0 Å². The molecule has 25 heavy (non-hydrogen) atoms. The molecule has 0 spiro atoms. The van der Waals surface area contributed by atoms with E-state index < -0.39 is 0 Å². The highest BCUT2D eigenvalue weighted by atomic mass is 32.2. The molecule has 0 bridgehead atoms. The van der Waals surface area contributed by atoms with E-state index in [-0.39, 0.29) is 5.41 Å². The molecule has 0 atom stereocenters. The summed E-state index contributed by atoms with van der Waals surface area (Å²) in [6.07, 6.45) is 6.24. The van der Waals surface area contributed by atoms with Crippen LogP contribution >= 0.6 is 23.1 Å². The number of aryl methyl sites for hydroxylation is 1. The van der Waals surface area contributed by atoms with Crippen molar-refractivity contribution in [3.05, 3.63) is 50.7 Å². The van der Waals surface area contributed by atoms with Crippen molar-refractivity contribution in [3.63, 3.8) is 0 Å². The van der Waals surface area contributed by atoms with Crippen LogP contribution in [-0.2, 0) is 19.4 Å². The summed E-state index contributed by atoms with van der Waals surface area (Å²) in [5, 5.41) is 0.916. The van der Waals surface area contributed by atoms with E-state index in [9.17, 15) is 4.79 Å². The Kier molecular flexibility index (Phi) is 5.46. The van der Waals surface area contributed by atoms with Crippen LogP contribution in [0, 0.1) is 5.41 Å². The fourth-order valence-corrected chi connectivity index (χ4v) is 5.28. The van der Waals surface area contributed by atoms with E-state index in [0.29, 0.717) is 6.54 Å². The highest BCUT2D eigenvalue weighted by molar-refractivity contribution is 8.14. The average molecular weight is 373 g/mol. The summed E-state index contributed by atoms with van der Waals surface area (Å²) in [7, 11) is 0. The first kappa shape index (κ1) is 18.4. The van der Waals surface area contributed by atoms with E-state index in [1.165, 1.54) is 16.9 Å². The molecular formula is C20H24N2OS2. The van der Waals surface area contributed by atoms with Crippen LogP contribution in [-0.4, -0.2) is 17.6 Å². The molecule has 0 saturated carbocycles. The van der Waals surface area contributed by atoms with E-state index in [1.807, 2.05) is 30.5 Å². The second-order valence-corrected chi connectivity index (χ2v) is 9.10. The van der Waals surface area contributed by atoms with Gasteiger partial charge in [0.05, 0.1) is 10.6 Å². The number of hydrogen-bond donors (Lipinski definition) is 1. The Morgan fingerprint density at radius 1 is 1.36 bits per heavy atom. The SMILES string of the molecule is CSC(=Nc1ccc(CN)cc1)c1sc2c(c1C=O)CC(C)(C)CC2. The number of nitrogens with zero attached hydrogens (tertiary/aromatic N) is 1. The molecule has 1 aromatic carbocycles. The van der Waals surface area contributed by atoms with Crippen molar-refractivity contribution < 1.29 is 4.79 Å². The van der Waals surface area contributed by atoms with Gasteiger partial charge in [-0.15, -0.1) is 23.1 Å². The highest BCUT2D eigenvalue weighted by Gasteiger charge is 2.31. The molecule has 0 unspecified atom stereocenters. The van der Waals surface area contributed by atoms with Crippen molar-refractivity contribution in [1.82, 2.24) is 0 Å². The van der Waals surface area contributed by atoms with Gasteiger partial charge in [0, 0.05) is 17.0 Å². The molecule has 2 N–H and O–H groups in total. The summed E-state index contributed by atoms with van der Waals surface area (Å²) in [5.41, 5.74) is 9.99. The summed E-state index contributed by atoms with van der Waals surface area (Å²) in [4.78, 5) is 19.0. The Balaban J connectivity index is 2.02. The quantitative estimate of drug-likeness (QED) is 0.468. The number of thioether (sulfide) groups is 1. The fraction of sp³-hybridized carbons (Fsp3) is 0.400. The number of rotatable bonds is 4. The van der Waals surface area contributed by atoms with Gasteiger partial charge in [0.25, 0.3) is 0 Å². The van der Waals surface area contributed by atoms with Crippen molar-refractivity contribution in [1.29, 1.82) is 0 Å². The lowest BCUT2D eigenvalue weighted by Crippen LogP contribution is -2.21. The van der Waals surface area contributed by atoms with Crippen molar-refractivity contribution in [2.75, 3.05) is 6.26 Å². The topological polar surface area (TPSA) is 55.4 Å². The molecule has 1 aliphatic rings. The second-order valence-electron chi connectivity index (χ2n) is 7.20. The van der Waals surface area contributed by atoms with Crippen LogP contribution in [0.25, 0.3) is 0 Å². The Labute approximate surface area is 157 Å². The molecule has 1 heterocycles. The predicted octanol–water partition coefficient (Wildman–Crippen LogP) is 4.98. The van der Waals surface area contributed by atoms with Gasteiger partial charge in [-0.05, 0) is 54.2 Å². The number of aliphatic imine (C=N–C) groups is 1. The monoisotopic (exact) mass is 372 g/mol. The number of benzene rings is 1. The molecule has 3 nitrogen and oxygen atoms in total. The third kappa shape index (κ3) is 3.89. The number of fused-ring (bicyclic) bond motifs is 1. The molecule has 0 amide bonds. The number of carbonyl (C=O) groups excluding carboxylic acids is 1. The standard InChI is InChI=1S/C20H24N2OS2/c1-20(2)9-8-17-15(10-20)16(12-23)18(25-17)19(24-3)22-14-6-4-13(11-21)5-7-14/h4-7,12H,8-11,21H2,1-3H3. The minimum atomic E-state index is 0.262. The second kappa shape index (κ2) is 7.44. The summed E-state index contributed by atoms with van der Waals surface area (Å²) >= 11 is 3.34. The molecule has 0 radical (unpaired) electrons. The number of nitrogens with two attached hydrogens (primary N) is 1. The lowest BCUT2D eigenvalue weighted by Gasteiger charge is -2.29. The molecule has 3 rings (SSSR count). The maximum atomic E-state index is 11.9. The maximum absolute atomic E-state index is 11.9. The van der Waals surface area contributed by atoms with Crippen LogP contribution < -0.4 is 5.73 Å². The van der Waals surface area contributed by atoms with Gasteiger partial charge >= 0.3 is 0 Å². The molecule has 5 heteroatoms. The van der Waals surface area contributed by atoms with Crippen molar-refractivity contribution in [2.24, 2.45) is 16.1 Å². The average Bonchev–Trinajstić information content (AvgIpc) is 2.96. The summed E-state index contributed by atoms with van der Waals surface area (Å²) in [6, 6.07) is 7.96. The maximum Gasteiger partial charge on any atom is 0.151 e. The molecule has 2 aromatic rings. The summed E-state index contributed by atoms with van der Waals surface area (Å²) in [6.45, 7) is 5.09. The van der Waals surface area contributed by atoms with Gasteiger partial charge in [0.15, 0.2) is 6.29 Å². The Bertz CT molecular complexity index is 804. The van der Waals surface area contributed by atoms with E-state index in [4.69, 9.17) is 10.7 Å². The van der Waals surface area contributed by atoms with Crippen LogP contribution in [0.1, 0.15) is 51.5 Å². The largest absolute Gasteiger partial charge is 0.326 e. The lowest BCUT2D eigenvalue weighted by molar-refractivity contribution is 0.112. The summed E-state index contributed by atoms with van der Waals surface area (Å²) < 4.78 is 0. The third-order valence-corrected chi connectivity index (χ3v) is 6.85. The first-order chi connectivity index (χ1) is 12.0. The Morgan fingerprint density at radius 2 is 2.08 bits per heavy atom. The molecule has 0 saturated heterocycles. The molecule has 1 aliphatic carbocycles. The minimum Gasteiger partial charge on any atom is -0.326 e. The van der Waals surface area contributed by atoms with Crippen LogP contribution in [0.15, 0.2) is 29.3 Å². The molecule has 1 aromatic heterocycles. The zero-order chi connectivity index (χ0) is 18.0. The molecule has 132 valence electrons. The number of aldehydes is 1. The normalized spacial score (nSPS) is 16.6. The minimum absolute atomic E-state index is 0.262. The first-order valence-corrected chi connectivity index (χ1v) is 10.5. The van der Waals surface area contributed by atoms with E-state index in [1.54, 1.807) is 23.1 Å². The smallest absolute Gasteiger partial charge is 0.151 e. The van der Waals surface area contributed by atoms with E-state index in [2.05, 4.69) is 13.8 Å². The third-order valence-electron chi connectivity index (χ3n) is 4.72. The lowest BCUT2D eigenvalue weighted by atomic mass is 9.76. The van der Waals surface area contributed by atoms with Crippen LogP contribution in [0.3, 0.4) is 0 Å². The zero-order valence-electron chi connectivity index (χ0n) is 15.0. The molecule has 0 aliphatic heterocycles. The van der Waals surface area contributed by atoms with Crippen LogP contribution in [0.2, 0.25) is 0 Å². The fourth-order valence-electron chi connectivity index (χ4n) is 3.24. The predicted molar refractivity (Wildman–Crippen MR) is 110 cm³/mol. The van der Waals surface area contributed by atoms with Crippen molar-refractivity contribution >= 4 is 40.1 Å². The van der Waals surface area contributed by atoms with Gasteiger partial charge in [-0.2, -0.15) is 0 Å². The molecular weight excluding hydrogens is 348 g/mol. The summed E-state index contributed by atoms with van der Waals surface area (Å²) in [5.74, 6) is 0. The number of thiophene rings is 1. The Morgan fingerprint density at radius 3 is 2.68 bits per heavy atom. The van der Waals surface area contributed by atoms with Gasteiger partial charge in [0.1, 0.15) is 5.04 Å². The van der Waals surface area contributed by atoms with Gasteiger partial charge in [-0.1, -0.05) is 26.0 Å². The van der Waals surface area contributed by atoms with Gasteiger partial charge < -0.3 is 5.73 Å². The first-order valence-electron chi connectivity index (χ1n) is 8.49. The van der Waals surface area contributed by atoms with Crippen LogP contribution in [0.4, 0.5) is 5.69 Å². The zero-order valence-corrected chi connectivity index (χ0v) is 16.6. The molecule has 0 fully saturated rings. The van der Waals surface area contributed by atoms with Crippen LogP contribution in [0.5, 0.6) is 0 Å². The van der Waals surface area contributed by atoms with E-state index >= 15 is 0 Å².